The van der Waals surface area contributed by atoms with Gasteiger partial charge in [0.1, 0.15) is 0 Å². The Labute approximate surface area is 133 Å². The minimum atomic E-state index is -0.806. The Bertz CT molecular complexity index is 494. The zero-order valence-corrected chi connectivity index (χ0v) is 13.9. The molecule has 6 heteroatoms. The number of benzene rings is 1. The van der Waals surface area contributed by atoms with E-state index in [2.05, 4.69) is 21.2 Å². The van der Waals surface area contributed by atoms with Crippen molar-refractivity contribution >= 4 is 27.9 Å². The van der Waals surface area contributed by atoms with Crippen molar-refractivity contribution in [2.75, 3.05) is 7.05 Å². The molecule has 0 aromatic heterocycles. The fourth-order valence-corrected chi connectivity index (χ4v) is 2.32. The van der Waals surface area contributed by atoms with Crippen LogP contribution in [0.25, 0.3) is 0 Å². The number of urea groups is 1. The van der Waals surface area contributed by atoms with Gasteiger partial charge in [0, 0.05) is 30.5 Å². The van der Waals surface area contributed by atoms with Crippen molar-refractivity contribution in [3.8, 4) is 0 Å². The first-order chi connectivity index (χ1) is 9.90. The lowest BCUT2D eigenvalue weighted by Gasteiger charge is -2.21. The van der Waals surface area contributed by atoms with E-state index in [4.69, 9.17) is 5.11 Å². The molecule has 1 unspecified atom stereocenters. The highest BCUT2D eigenvalue weighted by Crippen LogP contribution is 2.17. The number of carbonyl (C=O) groups is 2. The minimum Gasteiger partial charge on any atom is -0.481 e. The van der Waals surface area contributed by atoms with E-state index in [-0.39, 0.29) is 18.5 Å². The Kier molecular flexibility index (Phi) is 7.22. The van der Waals surface area contributed by atoms with Crippen LogP contribution in [0, 0.1) is 0 Å². The molecule has 21 heavy (non-hydrogen) atoms. The molecule has 1 aromatic rings. The molecule has 1 atom stereocenters. The zero-order valence-electron chi connectivity index (χ0n) is 12.3. The number of carboxylic acid groups (broad SMARTS) is 1. The van der Waals surface area contributed by atoms with Gasteiger partial charge in [0.05, 0.1) is 0 Å². The van der Waals surface area contributed by atoms with Gasteiger partial charge in [-0.2, -0.15) is 0 Å². The number of nitrogens with one attached hydrogen (secondary N) is 1. The summed E-state index contributed by atoms with van der Waals surface area (Å²) in [7, 11) is 1.73. The first-order valence-electron chi connectivity index (χ1n) is 6.87. The van der Waals surface area contributed by atoms with Crippen LogP contribution in [0.5, 0.6) is 0 Å². The number of carboxylic acids is 1. The second-order valence-corrected chi connectivity index (χ2v) is 5.94. The van der Waals surface area contributed by atoms with E-state index < -0.39 is 5.97 Å². The highest BCUT2D eigenvalue weighted by Gasteiger charge is 2.13. The molecular weight excluding hydrogens is 336 g/mol. The lowest BCUT2D eigenvalue weighted by molar-refractivity contribution is -0.137. The third kappa shape index (κ3) is 6.62. The molecule has 0 fully saturated rings. The maximum Gasteiger partial charge on any atom is 0.317 e. The summed E-state index contributed by atoms with van der Waals surface area (Å²) < 4.78 is 0.971. The Balaban J connectivity index is 2.40. The summed E-state index contributed by atoms with van der Waals surface area (Å²) in [5.41, 5.74) is 1.04. The molecule has 0 aliphatic rings. The van der Waals surface area contributed by atoms with Crippen LogP contribution in [0.15, 0.2) is 28.7 Å². The third-order valence-electron chi connectivity index (χ3n) is 3.11. The molecule has 116 valence electrons. The number of hydrogen-bond donors (Lipinski definition) is 2. The van der Waals surface area contributed by atoms with Gasteiger partial charge in [0.2, 0.25) is 0 Å². The molecule has 1 rings (SSSR count). The average molecular weight is 357 g/mol. The molecule has 0 spiro atoms. The van der Waals surface area contributed by atoms with E-state index in [1.54, 1.807) is 11.9 Å². The quantitative estimate of drug-likeness (QED) is 0.787. The number of halogens is 1. The summed E-state index contributed by atoms with van der Waals surface area (Å²) in [6.45, 7) is 2.39. The van der Waals surface area contributed by atoms with Crippen molar-refractivity contribution in [3.05, 3.63) is 34.3 Å². The van der Waals surface area contributed by atoms with E-state index >= 15 is 0 Å². The molecule has 0 bridgehead atoms. The Morgan fingerprint density at radius 3 is 2.67 bits per heavy atom. The van der Waals surface area contributed by atoms with Crippen LogP contribution in [0.4, 0.5) is 4.79 Å². The SMILES string of the molecule is CC(CCCC(=O)O)NC(=O)N(C)Cc1ccccc1Br. The van der Waals surface area contributed by atoms with Crippen LogP contribution in [0.2, 0.25) is 0 Å². The smallest absolute Gasteiger partial charge is 0.317 e. The van der Waals surface area contributed by atoms with Gasteiger partial charge in [0.15, 0.2) is 0 Å². The summed E-state index contributed by atoms with van der Waals surface area (Å²) in [4.78, 5) is 24.1. The van der Waals surface area contributed by atoms with E-state index in [1.165, 1.54) is 0 Å². The van der Waals surface area contributed by atoms with Gasteiger partial charge >= 0.3 is 12.0 Å². The highest BCUT2D eigenvalue weighted by atomic mass is 79.9. The third-order valence-corrected chi connectivity index (χ3v) is 3.88. The van der Waals surface area contributed by atoms with Gasteiger partial charge in [-0.3, -0.25) is 4.79 Å². The van der Waals surface area contributed by atoms with Crippen LogP contribution >= 0.6 is 15.9 Å². The van der Waals surface area contributed by atoms with Crippen LogP contribution in [-0.2, 0) is 11.3 Å². The fraction of sp³-hybridized carbons (Fsp3) is 0.467. The minimum absolute atomic E-state index is 0.0430. The van der Waals surface area contributed by atoms with E-state index in [0.29, 0.717) is 19.4 Å². The van der Waals surface area contributed by atoms with Crippen molar-refractivity contribution in [1.29, 1.82) is 0 Å². The van der Waals surface area contributed by atoms with E-state index in [9.17, 15) is 9.59 Å². The summed E-state index contributed by atoms with van der Waals surface area (Å²) in [6.07, 6.45) is 1.35. The highest BCUT2D eigenvalue weighted by molar-refractivity contribution is 9.10. The summed E-state index contributed by atoms with van der Waals surface area (Å²) >= 11 is 3.46. The zero-order chi connectivity index (χ0) is 15.8. The van der Waals surface area contributed by atoms with Crippen molar-refractivity contribution in [2.45, 2.75) is 38.8 Å². The second kappa shape index (κ2) is 8.67. The second-order valence-electron chi connectivity index (χ2n) is 5.08. The van der Waals surface area contributed by atoms with Crippen LogP contribution in [0.1, 0.15) is 31.7 Å². The monoisotopic (exact) mass is 356 g/mol. The van der Waals surface area contributed by atoms with Gasteiger partial charge in [-0.15, -0.1) is 0 Å². The number of amides is 2. The molecule has 1 aromatic carbocycles. The lowest BCUT2D eigenvalue weighted by atomic mass is 10.1. The Morgan fingerprint density at radius 2 is 2.05 bits per heavy atom. The van der Waals surface area contributed by atoms with Crippen molar-refractivity contribution in [3.63, 3.8) is 0 Å². The molecule has 0 radical (unpaired) electrons. The molecule has 0 saturated heterocycles. The summed E-state index contributed by atoms with van der Waals surface area (Å²) in [6, 6.07) is 7.56. The molecule has 2 amide bonds. The molecule has 0 aliphatic heterocycles. The Hall–Kier alpha value is -1.56. The van der Waals surface area contributed by atoms with Gasteiger partial charge in [-0.25, -0.2) is 4.79 Å². The number of carbonyl (C=O) groups excluding carboxylic acids is 1. The van der Waals surface area contributed by atoms with Gasteiger partial charge in [-0.1, -0.05) is 34.1 Å². The number of aliphatic carboxylic acids is 1. The summed E-state index contributed by atoms with van der Waals surface area (Å²) in [5.74, 6) is -0.806. The topological polar surface area (TPSA) is 69.6 Å². The van der Waals surface area contributed by atoms with Crippen molar-refractivity contribution < 1.29 is 14.7 Å². The van der Waals surface area contributed by atoms with E-state index in [0.717, 1.165) is 10.0 Å². The Morgan fingerprint density at radius 1 is 1.38 bits per heavy atom. The predicted octanol–water partition coefficient (Wildman–Crippen LogP) is 3.23. The molecular formula is C15H21BrN2O3. The normalized spacial score (nSPS) is 11.8. The van der Waals surface area contributed by atoms with Crippen LogP contribution in [0.3, 0.4) is 0 Å². The number of hydrogen-bond acceptors (Lipinski definition) is 2. The molecule has 0 saturated carbocycles. The lowest BCUT2D eigenvalue weighted by Crippen LogP contribution is -2.41. The number of rotatable bonds is 7. The molecule has 5 nitrogen and oxygen atoms in total. The standard InChI is InChI=1S/C15H21BrN2O3/c1-11(6-5-9-14(19)20)17-15(21)18(2)10-12-7-3-4-8-13(12)16/h3-4,7-8,11H,5-6,9-10H2,1-2H3,(H,17,21)(H,19,20). The molecule has 2 N–H and O–H groups in total. The maximum atomic E-state index is 12.0. The summed E-state index contributed by atoms with van der Waals surface area (Å²) in [5, 5.41) is 11.5. The molecule has 0 heterocycles. The van der Waals surface area contributed by atoms with Gasteiger partial charge < -0.3 is 15.3 Å². The predicted molar refractivity (Wildman–Crippen MR) is 85.1 cm³/mol. The largest absolute Gasteiger partial charge is 0.481 e. The molecule has 0 aliphatic carbocycles. The van der Waals surface area contributed by atoms with E-state index in [1.807, 2.05) is 31.2 Å². The van der Waals surface area contributed by atoms with Crippen molar-refractivity contribution in [1.82, 2.24) is 10.2 Å². The van der Waals surface area contributed by atoms with Gasteiger partial charge in [-0.05, 0) is 31.4 Å². The van der Waals surface area contributed by atoms with Crippen LogP contribution in [-0.4, -0.2) is 35.1 Å². The average Bonchev–Trinajstić information content (AvgIpc) is 2.40. The van der Waals surface area contributed by atoms with Crippen molar-refractivity contribution in [2.24, 2.45) is 0 Å². The maximum absolute atomic E-state index is 12.0. The first kappa shape index (κ1) is 17.5. The number of nitrogens with zero attached hydrogens (tertiary/aromatic N) is 1. The van der Waals surface area contributed by atoms with Gasteiger partial charge in [0.25, 0.3) is 0 Å². The first-order valence-corrected chi connectivity index (χ1v) is 7.66. The van der Waals surface area contributed by atoms with Crippen LogP contribution < -0.4 is 5.32 Å². The fourth-order valence-electron chi connectivity index (χ4n) is 1.91.